The molecule has 0 bridgehead atoms. The van der Waals surface area contributed by atoms with E-state index in [-0.39, 0.29) is 0 Å². The van der Waals surface area contributed by atoms with Gasteiger partial charge in [0.15, 0.2) is 0 Å². The molecule has 1 unspecified atom stereocenters. The maximum Gasteiger partial charge on any atom is 0.123 e. The van der Waals surface area contributed by atoms with Gasteiger partial charge in [-0.2, -0.15) is 0 Å². The van der Waals surface area contributed by atoms with Crippen LogP contribution in [0.5, 0.6) is 0 Å². The summed E-state index contributed by atoms with van der Waals surface area (Å²) in [6.07, 6.45) is 3.12. The van der Waals surface area contributed by atoms with Crippen molar-refractivity contribution in [2.75, 3.05) is 0 Å². The van der Waals surface area contributed by atoms with Crippen molar-refractivity contribution in [3.05, 3.63) is 66.0 Å². The van der Waals surface area contributed by atoms with Crippen molar-refractivity contribution in [3.8, 4) is 0 Å². The number of pyridine rings is 1. The van der Waals surface area contributed by atoms with E-state index >= 15 is 0 Å². The van der Waals surface area contributed by atoms with Crippen LogP contribution >= 0.6 is 0 Å². The van der Waals surface area contributed by atoms with E-state index in [1.165, 1.54) is 0 Å². The summed E-state index contributed by atoms with van der Waals surface area (Å²) in [6.45, 7) is 0. The molecule has 1 aromatic carbocycles. The molecule has 75 valence electrons. The van der Waals surface area contributed by atoms with E-state index in [2.05, 4.69) is 4.98 Å². The Kier molecular flexibility index (Phi) is 3.10. The van der Waals surface area contributed by atoms with E-state index in [4.69, 9.17) is 0 Å². The molecule has 0 spiro atoms. The summed E-state index contributed by atoms with van der Waals surface area (Å²) in [5.74, 6) is 0. The highest BCUT2D eigenvalue weighted by atomic mass is 16.3. The number of hydrogen-bond acceptors (Lipinski definition) is 1. The zero-order valence-electron chi connectivity index (χ0n) is 8.34. The summed E-state index contributed by atoms with van der Waals surface area (Å²) in [6, 6.07) is 13.4. The molecular formula is C13H12NO. The van der Waals surface area contributed by atoms with Crippen LogP contribution in [0.3, 0.4) is 0 Å². The van der Waals surface area contributed by atoms with Crippen molar-refractivity contribution in [1.29, 1.82) is 0 Å². The first-order valence-corrected chi connectivity index (χ1v) is 4.96. The van der Waals surface area contributed by atoms with Crippen molar-refractivity contribution < 1.29 is 5.11 Å². The van der Waals surface area contributed by atoms with Crippen LogP contribution in [-0.4, -0.2) is 4.98 Å². The van der Waals surface area contributed by atoms with Crippen LogP contribution in [0, 0.1) is 0 Å². The third-order valence-electron chi connectivity index (χ3n) is 2.32. The van der Waals surface area contributed by atoms with Crippen molar-refractivity contribution in [2.45, 2.75) is 12.5 Å². The second-order valence-electron chi connectivity index (χ2n) is 3.46. The van der Waals surface area contributed by atoms with Gasteiger partial charge in [-0.1, -0.05) is 36.4 Å². The molecule has 1 radical (unpaired) electrons. The topological polar surface area (TPSA) is 32.8 Å². The third-order valence-corrected chi connectivity index (χ3v) is 2.32. The fraction of sp³-hybridized carbons (Fsp3) is 0.154. The molecule has 0 aliphatic heterocycles. The Bertz CT molecular complexity index is 399. The van der Waals surface area contributed by atoms with Crippen LogP contribution < -0.4 is 0 Å². The van der Waals surface area contributed by atoms with Gasteiger partial charge in [0.1, 0.15) is 6.10 Å². The number of aromatic nitrogens is 1. The summed E-state index contributed by atoms with van der Waals surface area (Å²) in [4.78, 5) is 3.95. The Balaban J connectivity index is 2.08. The molecule has 1 heterocycles. The fourth-order valence-corrected chi connectivity index (χ4v) is 1.51. The maximum absolute atomic E-state index is 11.9. The molecule has 1 aromatic heterocycles. The minimum Gasteiger partial charge on any atom is -0.264 e. The van der Waals surface area contributed by atoms with E-state index in [9.17, 15) is 5.11 Å². The lowest BCUT2D eigenvalue weighted by Crippen LogP contribution is -2.00. The molecule has 2 rings (SSSR count). The predicted molar refractivity (Wildman–Crippen MR) is 57.8 cm³/mol. The van der Waals surface area contributed by atoms with Gasteiger partial charge in [0.05, 0.1) is 0 Å². The summed E-state index contributed by atoms with van der Waals surface area (Å²) in [5, 5.41) is 11.9. The van der Waals surface area contributed by atoms with Crippen molar-refractivity contribution in [3.63, 3.8) is 0 Å². The summed E-state index contributed by atoms with van der Waals surface area (Å²) in [7, 11) is 0. The van der Waals surface area contributed by atoms with Gasteiger partial charge < -0.3 is 0 Å². The molecular weight excluding hydrogens is 186 g/mol. The summed E-state index contributed by atoms with van der Waals surface area (Å²) < 4.78 is 0. The SMILES string of the molecule is [O]C(Cc1ccccc1)c1cccnc1. The van der Waals surface area contributed by atoms with Crippen LogP contribution in [0.15, 0.2) is 54.9 Å². The smallest absolute Gasteiger partial charge is 0.123 e. The maximum atomic E-state index is 11.9. The van der Waals surface area contributed by atoms with Gasteiger partial charge in [0, 0.05) is 24.4 Å². The minimum atomic E-state index is -0.721. The Labute approximate surface area is 89.2 Å². The van der Waals surface area contributed by atoms with E-state index in [0.29, 0.717) is 6.42 Å². The van der Waals surface area contributed by atoms with Crippen molar-refractivity contribution >= 4 is 0 Å². The molecule has 0 aliphatic rings. The van der Waals surface area contributed by atoms with Crippen LogP contribution in [-0.2, 0) is 11.5 Å². The molecule has 0 amide bonds. The Morgan fingerprint density at radius 2 is 1.87 bits per heavy atom. The van der Waals surface area contributed by atoms with Crippen LogP contribution in [0.1, 0.15) is 17.2 Å². The van der Waals surface area contributed by atoms with Gasteiger partial charge in [-0.25, -0.2) is 5.11 Å². The predicted octanol–water partition coefficient (Wildman–Crippen LogP) is 2.80. The molecule has 2 nitrogen and oxygen atoms in total. The highest BCUT2D eigenvalue weighted by Crippen LogP contribution is 2.17. The zero-order valence-corrected chi connectivity index (χ0v) is 8.34. The average Bonchev–Trinajstić information content (AvgIpc) is 2.31. The Hall–Kier alpha value is -1.67. The normalized spacial score (nSPS) is 12.3. The second-order valence-corrected chi connectivity index (χ2v) is 3.46. The molecule has 0 aliphatic carbocycles. The van der Waals surface area contributed by atoms with Crippen LogP contribution in [0.4, 0.5) is 0 Å². The highest BCUT2D eigenvalue weighted by molar-refractivity contribution is 5.19. The van der Waals surface area contributed by atoms with Crippen molar-refractivity contribution in [1.82, 2.24) is 4.98 Å². The summed E-state index contributed by atoms with van der Waals surface area (Å²) in [5.41, 5.74) is 1.82. The van der Waals surface area contributed by atoms with E-state index in [0.717, 1.165) is 11.1 Å². The van der Waals surface area contributed by atoms with Crippen LogP contribution in [0.25, 0.3) is 0 Å². The molecule has 2 aromatic rings. The van der Waals surface area contributed by atoms with Gasteiger partial charge in [0.2, 0.25) is 0 Å². The van der Waals surface area contributed by atoms with Gasteiger partial charge in [-0.05, 0) is 11.6 Å². The van der Waals surface area contributed by atoms with Gasteiger partial charge >= 0.3 is 0 Å². The average molecular weight is 198 g/mol. The third kappa shape index (κ3) is 2.64. The van der Waals surface area contributed by atoms with E-state index in [1.54, 1.807) is 18.5 Å². The molecule has 2 heteroatoms. The van der Waals surface area contributed by atoms with E-state index < -0.39 is 6.10 Å². The summed E-state index contributed by atoms with van der Waals surface area (Å²) >= 11 is 0. The second kappa shape index (κ2) is 4.71. The quantitative estimate of drug-likeness (QED) is 0.746. The molecule has 0 N–H and O–H groups in total. The monoisotopic (exact) mass is 198 g/mol. The molecule has 1 atom stereocenters. The first kappa shape index (κ1) is 9.87. The largest absolute Gasteiger partial charge is 0.264 e. The van der Waals surface area contributed by atoms with Gasteiger partial charge in [0.25, 0.3) is 0 Å². The lowest BCUT2D eigenvalue weighted by molar-refractivity contribution is 0.0891. The lowest BCUT2D eigenvalue weighted by Gasteiger charge is -2.07. The highest BCUT2D eigenvalue weighted by Gasteiger charge is 2.09. The molecule has 0 fully saturated rings. The standard InChI is InChI=1S/C13H12NO/c15-13(12-7-4-8-14-10-12)9-11-5-2-1-3-6-11/h1-8,10,13H,9H2. The Morgan fingerprint density at radius 1 is 1.07 bits per heavy atom. The Morgan fingerprint density at radius 3 is 2.53 bits per heavy atom. The zero-order chi connectivity index (χ0) is 10.5. The number of benzene rings is 1. The minimum absolute atomic E-state index is 0.520. The molecule has 0 saturated heterocycles. The van der Waals surface area contributed by atoms with Gasteiger partial charge in [-0.15, -0.1) is 0 Å². The molecule has 0 saturated carbocycles. The molecule has 15 heavy (non-hydrogen) atoms. The van der Waals surface area contributed by atoms with Crippen molar-refractivity contribution in [2.24, 2.45) is 0 Å². The fourth-order valence-electron chi connectivity index (χ4n) is 1.51. The van der Waals surface area contributed by atoms with Gasteiger partial charge in [-0.3, -0.25) is 4.98 Å². The first-order valence-electron chi connectivity index (χ1n) is 4.96. The number of rotatable bonds is 3. The number of nitrogens with zero attached hydrogens (tertiary/aromatic N) is 1. The van der Waals surface area contributed by atoms with E-state index in [1.807, 2.05) is 36.4 Å². The van der Waals surface area contributed by atoms with Crippen LogP contribution in [0.2, 0.25) is 0 Å². The first-order chi connectivity index (χ1) is 7.36. The lowest BCUT2D eigenvalue weighted by atomic mass is 10.0. The number of hydrogen-bond donors (Lipinski definition) is 0.